The van der Waals surface area contributed by atoms with Crippen molar-refractivity contribution in [1.82, 2.24) is 14.5 Å². The predicted octanol–water partition coefficient (Wildman–Crippen LogP) is 5.19. The highest BCUT2D eigenvalue weighted by Gasteiger charge is 2.15. The van der Waals surface area contributed by atoms with Crippen LogP contribution in [0.4, 0.5) is 0 Å². The molecule has 6 heteroatoms. The molecular formula is C27H17N3O3. The second-order valence-electron chi connectivity index (χ2n) is 7.51. The van der Waals surface area contributed by atoms with Gasteiger partial charge < -0.3 is 4.57 Å². The van der Waals surface area contributed by atoms with Crippen LogP contribution in [-0.2, 0) is 0 Å². The lowest BCUT2D eigenvalue weighted by atomic mass is 10.1. The normalized spacial score (nSPS) is 10.8. The smallest absolute Gasteiger partial charge is 0.162 e. The maximum absolute atomic E-state index is 11.1. The van der Waals surface area contributed by atoms with Crippen LogP contribution in [0.2, 0.25) is 0 Å². The Hall–Kier alpha value is -4.71. The summed E-state index contributed by atoms with van der Waals surface area (Å²) in [6.45, 7) is 0. The first-order valence-electron chi connectivity index (χ1n) is 10.3. The third-order valence-electron chi connectivity index (χ3n) is 5.48. The fourth-order valence-electron chi connectivity index (χ4n) is 3.72. The molecule has 2 heterocycles. The molecular weight excluding hydrogens is 414 g/mol. The first-order valence-corrected chi connectivity index (χ1v) is 10.3. The maximum Gasteiger partial charge on any atom is 0.162 e. The predicted molar refractivity (Wildman–Crippen MR) is 126 cm³/mol. The van der Waals surface area contributed by atoms with Crippen LogP contribution in [0.5, 0.6) is 0 Å². The van der Waals surface area contributed by atoms with Gasteiger partial charge in [0.05, 0.1) is 5.69 Å². The van der Waals surface area contributed by atoms with Gasteiger partial charge in [0, 0.05) is 45.1 Å². The van der Waals surface area contributed by atoms with Crippen molar-refractivity contribution >= 4 is 29.9 Å². The maximum atomic E-state index is 11.1. The fourth-order valence-corrected chi connectivity index (χ4v) is 3.72. The Labute approximate surface area is 189 Å². The van der Waals surface area contributed by atoms with Gasteiger partial charge in [0.15, 0.2) is 5.82 Å². The molecule has 0 saturated carbocycles. The highest BCUT2D eigenvalue weighted by atomic mass is 16.1. The van der Waals surface area contributed by atoms with Gasteiger partial charge in [-0.1, -0.05) is 48.5 Å². The largest absolute Gasteiger partial charge is 0.301 e. The van der Waals surface area contributed by atoms with E-state index in [0.717, 1.165) is 46.8 Å². The lowest BCUT2D eigenvalue weighted by Gasteiger charge is -2.10. The van der Waals surface area contributed by atoms with Gasteiger partial charge >= 0.3 is 0 Å². The number of nitrogens with zero attached hydrogens (tertiary/aromatic N) is 3. The number of carbonyl (C=O) groups is 3. The van der Waals surface area contributed by atoms with Crippen molar-refractivity contribution in [3.05, 3.63) is 102 Å². The zero-order chi connectivity index (χ0) is 22.8. The number of benzene rings is 3. The third-order valence-corrected chi connectivity index (χ3v) is 5.48. The van der Waals surface area contributed by atoms with Crippen LogP contribution in [0.3, 0.4) is 0 Å². The summed E-state index contributed by atoms with van der Waals surface area (Å²) >= 11 is 0. The molecule has 0 radical (unpaired) electrons. The Kier molecular flexibility index (Phi) is 5.16. The summed E-state index contributed by atoms with van der Waals surface area (Å²) in [5.74, 6) is 0.513. The van der Waals surface area contributed by atoms with Crippen molar-refractivity contribution in [2.75, 3.05) is 0 Å². The van der Waals surface area contributed by atoms with E-state index in [1.807, 2.05) is 53.2 Å². The van der Waals surface area contributed by atoms with Crippen molar-refractivity contribution in [2.45, 2.75) is 0 Å². The molecule has 0 spiro atoms. The van der Waals surface area contributed by atoms with Crippen LogP contribution in [0.15, 0.2) is 85.1 Å². The molecule has 0 aliphatic rings. The van der Waals surface area contributed by atoms with E-state index in [1.165, 1.54) is 0 Å². The third kappa shape index (κ3) is 3.74. The van der Waals surface area contributed by atoms with Crippen molar-refractivity contribution in [3.8, 4) is 28.3 Å². The second kappa shape index (κ2) is 8.43. The molecule has 5 rings (SSSR count). The summed E-state index contributed by atoms with van der Waals surface area (Å²) < 4.78 is 1.94. The molecule has 0 N–H and O–H groups in total. The molecule has 6 nitrogen and oxygen atoms in total. The van der Waals surface area contributed by atoms with E-state index >= 15 is 0 Å². The first kappa shape index (κ1) is 20.2. The Balaban J connectivity index is 1.74. The summed E-state index contributed by atoms with van der Waals surface area (Å²) in [6.07, 6.45) is 4.32. The van der Waals surface area contributed by atoms with Crippen LogP contribution in [0.25, 0.3) is 39.4 Å². The first-order chi connectivity index (χ1) is 16.2. The van der Waals surface area contributed by atoms with Crippen molar-refractivity contribution in [1.29, 1.82) is 0 Å². The van der Waals surface area contributed by atoms with Crippen LogP contribution in [0.1, 0.15) is 31.1 Å². The Bertz CT molecular complexity index is 1480. The van der Waals surface area contributed by atoms with Crippen LogP contribution >= 0.6 is 0 Å². The monoisotopic (exact) mass is 431 g/mol. The van der Waals surface area contributed by atoms with E-state index in [4.69, 9.17) is 9.97 Å². The Morgan fingerprint density at radius 3 is 1.64 bits per heavy atom. The highest BCUT2D eigenvalue weighted by Crippen LogP contribution is 2.31. The SMILES string of the molecule is O=Cc1ccc(-c2nc(-c3ccc(C=O)cc3)c3ccn(-c4ccc(C=O)cc4)c3n2)cc1. The summed E-state index contributed by atoms with van der Waals surface area (Å²) in [4.78, 5) is 42.9. The zero-order valence-electron chi connectivity index (χ0n) is 17.4. The molecule has 158 valence electrons. The number of fused-ring (bicyclic) bond motifs is 1. The zero-order valence-corrected chi connectivity index (χ0v) is 17.4. The van der Waals surface area contributed by atoms with Crippen molar-refractivity contribution in [2.24, 2.45) is 0 Å². The molecule has 0 unspecified atom stereocenters. The quantitative estimate of drug-likeness (QED) is 0.346. The molecule has 0 atom stereocenters. The number of aromatic nitrogens is 3. The molecule has 3 aromatic carbocycles. The molecule has 5 aromatic rings. The minimum Gasteiger partial charge on any atom is -0.301 e. The van der Waals surface area contributed by atoms with Gasteiger partial charge in [-0.05, 0) is 30.3 Å². The lowest BCUT2D eigenvalue weighted by molar-refractivity contribution is 0.111. The molecule has 0 amide bonds. The van der Waals surface area contributed by atoms with Gasteiger partial charge in [0.1, 0.15) is 24.5 Å². The van der Waals surface area contributed by atoms with E-state index in [0.29, 0.717) is 28.2 Å². The van der Waals surface area contributed by atoms with E-state index in [1.54, 1.807) is 36.4 Å². The Morgan fingerprint density at radius 2 is 1.09 bits per heavy atom. The molecule has 0 fully saturated rings. The molecule has 2 aromatic heterocycles. The van der Waals surface area contributed by atoms with Gasteiger partial charge in [-0.2, -0.15) is 0 Å². The van der Waals surface area contributed by atoms with E-state index in [-0.39, 0.29) is 0 Å². The number of hydrogen-bond acceptors (Lipinski definition) is 5. The van der Waals surface area contributed by atoms with Crippen LogP contribution in [-0.4, -0.2) is 33.4 Å². The van der Waals surface area contributed by atoms with Gasteiger partial charge in [-0.15, -0.1) is 0 Å². The molecule has 0 saturated heterocycles. The second-order valence-corrected chi connectivity index (χ2v) is 7.51. The van der Waals surface area contributed by atoms with Crippen LogP contribution in [0, 0.1) is 0 Å². The van der Waals surface area contributed by atoms with Gasteiger partial charge in [0.25, 0.3) is 0 Å². The van der Waals surface area contributed by atoms with E-state index in [9.17, 15) is 14.4 Å². The lowest BCUT2D eigenvalue weighted by Crippen LogP contribution is -1.99. The number of hydrogen-bond donors (Lipinski definition) is 0. The standard InChI is InChI=1S/C27H17N3O3/c31-15-18-1-7-21(8-2-18)25-24-13-14-30(23-11-5-20(17-33)6-12-23)27(24)29-26(28-25)22-9-3-19(16-32)4-10-22/h1-17H. The van der Waals surface area contributed by atoms with Gasteiger partial charge in [-0.3, -0.25) is 14.4 Å². The minimum atomic E-state index is 0.513. The molecule has 0 aliphatic carbocycles. The molecule has 0 aliphatic heterocycles. The average molecular weight is 431 g/mol. The summed E-state index contributed by atoms with van der Waals surface area (Å²) in [5, 5.41) is 0.849. The average Bonchev–Trinajstić information content (AvgIpc) is 3.32. The van der Waals surface area contributed by atoms with Crippen LogP contribution < -0.4 is 0 Å². The number of aldehydes is 3. The summed E-state index contributed by atoms with van der Waals surface area (Å²) in [6, 6.07) is 23.5. The van der Waals surface area contributed by atoms with E-state index in [2.05, 4.69) is 0 Å². The highest BCUT2D eigenvalue weighted by molar-refractivity contribution is 5.94. The summed E-state index contributed by atoms with van der Waals surface area (Å²) in [5.41, 5.74) is 5.67. The van der Waals surface area contributed by atoms with Gasteiger partial charge in [-0.25, -0.2) is 9.97 Å². The van der Waals surface area contributed by atoms with Gasteiger partial charge in [0.2, 0.25) is 0 Å². The molecule has 33 heavy (non-hydrogen) atoms. The minimum absolute atomic E-state index is 0.513. The van der Waals surface area contributed by atoms with Crippen molar-refractivity contribution < 1.29 is 14.4 Å². The van der Waals surface area contributed by atoms with Crippen molar-refractivity contribution in [3.63, 3.8) is 0 Å². The topological polar surface area (TPSA) is 81.9 Å². The fraction of sp³-hybridized carbons (Fsp3) is 0. The summed E-state index contributed by atoms with van der Waals surface area (Å²) in [7, 11) is 0. The molecule has 0 bridgehead atoms. The number of rotatable bonds is 6. The Morgan fingerprint density at radius 1 is 0.576 bits per heavy atom. The number of carbonyl (C=O) groups excluding carboxylic acids is 3. The van der Waals surface area contributed by atoms with E-state index < -0.39 is 0 Å².